The number of hydrogen-bond donors (Lipinski definition) is 1. The monoisotopic (exact) mass is 323 g/mol. The molecular weight excluding hydrogens is 304 g/mol. The van der Waals surface area contributed by atoms with Crippen molar-refractivity contribution in [3.05, 3.63) is 57.6 Å². The van der Waals surface area contributed by atoms with E-state index in [1.807, 2.05) is 31.2 Å². The number of nitrogens with two attached hydrogens (primary N) is 1. The molecule has 1 aliphatic rings. The predicted molar refractivity (Wildman–Crippen MR) is 94.0 cm³/mol. The molecule has 3 aromatic rings. The van der Waals surface area contributed by atoms with E-state index in [1.54, 1.807) is 0 Å². The number of carbonyl (C=O) groups is 1. The maximum atomic E-state index is 12.8. The number of anilines is 1. The van der Waals surface area contributed by atoms with Crippen molar-refractivity contribution in [2.24, 2.45) is 0 Å². The molecule has 0 atom stereocenters. The van der Waals surface area contributed by atoms with Gasteiger partial charge in [-0.3, -0.25) is 4.79 Å². The van der Waals surface area contributed by atoms with Crippen molar-refractivity contribution >= 4 is 33.0 Å². The second-order valence-electron chi connectivity index (χ2n) is 6.26. The van der Waals surface area contributed by atoms with Crippen LogP contribution < -0.4 is 10.7 Å². The third kappa shape index (κ3) is 2.43. The Balaban J connectivity index is 1.82. The Hall–Kier alpha value is -2.20. The lowest BCUT2D eigenvalue weighted by atomic mass is 9.95. The van der Waals surface area contributed by atoms with Gasteiger partial charge in [0.2, 0.25) is 5.78 Å². The first-order valence-corrected chi connectivity index (χ1v) is 8.82. The van der Waals surface area contributed by atoms with Crippen LogP contribution >= 0.6 is 11.3 Å². The number of benzene rings is 1. The Morgan fingerprint density at radius 3 is 2.70 bits per heavy atom. The third-order valence-electron chi connectivity index (χ3n) is 4.60. The summed E-state index contributed by atoms with van der Waals surface area (Å²) in [5.74, 6) is 0.00933. The zero-order valence-electron chi connectivity index (χ0n) is 13.1. The first-order valence-electron chi connectivity index (χ1n) is 8.01. The smallest absolute Gasteiger partial charge is 0.270 e. The summed E-state index contributed by atoms with van der Waals surface area (Å²) in [5, 5.41) is 0.992. The molecule has 0 bridgehead atoms. The summed E-state index contributed by atoms with van der Waals surface area (Å²) in [6, 6.07) is 9.84. The Bertz CT molecular complexity index is 909. The van der Waals surface area contributed by atoms with E-state index in [4.69, 9.17) is 5.73 Å². The molecule has 4 heteroatoms. The standard InChI is InChI=1S/C19H18N2OS/c1-11-6-8-12(9-7-11)17(22)18-16(20)14-10-13-4-2-3-5-15(13)21-19(14)23-18/h6-10H,2-5,20H2,1H3/p+1. The average Bonchev–Trinajstić information content (AvgIpc) is 2.89. The van der Waals surface area contributed by atoms with E-state index in [1.165, 1.54) is 35.4 Å². The Labute approximate surface area is 139 Å². The fourth-order valence-corrected chi connectivity index (χ4v) is 4.33. The zero-order chi connectivity index (χ0) is 16.0. The van der Waals surface area contributed by atoms with Crippen LogP contribution in [0.3, 0.4) is 0 Å². The van der Waals surface area contributed by atoms with E-state index in [0.29, 0.717) is 16.1 Å². The highest BCUT2D eigenvalue weighted by Crippen LogP contribution is 2.34. The van der Waals surface area contributed by atoms with Gasteiger partial charge in [-0.25, -0.2) is 0 Å². The summed E-state index contributed by atoms with van der Waals surface area (Å²) in [4.78, 5) is 17.9. The molecule has 0 saturated carbocycles. The number of carbonyl (C=O) groups excluding carboxylic acids is 1. The number of pyridine rings is 1. The van der Waals surface area contributed by atoms with Crippen molar-refractivity contribution in [3.8, 4) is 0 Å². The number of hydrogen-bond acceptors (Lipinski definition) is 3. The fourth-order valence-electron chi connectivity index (χ4n) is 3.24. The van der Waals surface area contributed by atoms with Gasteiger partial charge < -0.3 is 5.73 Å². The Morgan fingerprint density at radius 1 is 1.17 bits per heavy atom. The quantitative estimate of drug-likeness (QED) is 0.731. The molecule has 0 spiro atoms. The summed E-state index contributed by atoms with van der Waals surface area (Å²) >= 11 is 1.47. The number of rotatable bonds is 2. The summed E-state index contributed by atoms with van der Waals surface area (Å²) in [7, 11) is 0. The number of fused-ring (bicyclic) bond motifs is 2. The largest absolute Gasteiger partial charge is 0.397 e. The van der Waals surface area contributed by atoms with E-state index >= 15 is 0 Å². The van der Waals surface area contributed by atoms with Gasteiger partial charge in [0.1, 0.15) is 4.88 Å². The minimum Gasteiger partial charge on any atom is -0.397 e. The van der Waals surface area contributed by atoms with Gasteiger partial charge >= 0.3 is 0 Å². The van der Waals surface area contributed by atoms with Gasteiger partial charge in [0, 0.05) is 17.5 Å². The van der Waals surface area contributed by atoms with Crippen molar-refractivity contribution in [1.82, 2.24) is 0 Å². The molecule has 116 valence electrons. The molecule has 0 aliphatic heterocycles. The molecule has 23 heavy (non-hydrogen) atoms. The van der Waals surface area contributed by atoms with Crippen LogP contribution in [0.15, 0.2) is 30.3 Å². The van der Waals surface area contributed by atoms with Crippen molar-refractivity contribution < 1.29 is 9.78 Å². The fraction of sp³-hybridized carbons (Fsp3) is 0.263. The van der Waals surface area contributed by atoms with Gasteiger partial charge in [-0.05, 0) is 32.3 Å². The van der Waals surface area contributed by atoms with Crippen LogP contribution in [0, 0.1) is 6.92 Å². The van der Waals surface area contributed by atoms with Crippen molar-refractivity contribution in [3.63, 3.8) is 0 Å². The number of ketones is 1. The van der Waals surface area contributed by atoms with Crippen LogP contribution in [-0.4, -0.2) is 5.78 Å². The highest BCUT2D eigenvalue weighted by atomic mass is 32.1. The first kappa shape index (κ1) is 14.4. The van der Waals surface area contributed by atoms with Crippen LogP contribution in [0.2, 0.25) is 0 Å². The van der Waals surface area contributed by atoms with Gasteiger partial charge in [-0.15, -0.1) is 0 Å². The van der Waals surface area contributed by atoms with E-state index < -0.39 is 0 Å². The van der Waals surface area contributed by atoms with Crippen LogP contribution in [0.1, 0.15) is 44.9 Å². The zero-order valence-corrected chi connectivity index (χ0v) is 13.9. The van der Waals surface area contributed by atoms with Gasteiger partial charge in [-0.2, -0.15) is 4.98 Å². The number of aromatic amines is 1. The number of aromatic nitrogens is 1. The molecule has 0 saturated heterocycles. The third-order valence-corrected chi connectivity index (χ3v) is 5.73. The molecule has 0 unspecified atom stereocenters. The van der Waals surface area contributed by atoms with E-state index in [2.05, 4.69) is 11.1 Å². The second-order valence-corrected chi connectivity index (χ2v) is 7.28. The molecule has 3 nitrogen and oxygen atoms in total. The first-order chi connectivity index (χ1) is 11.1. The maximum absolute atomic E-state index is 12.8. The molecule has 4 rings (SSSR count). The molecular formula is C19H19N2OS+. The lowest BCUT2D eigenvalue weighted by Crippen LogP contribution is -2.17. The van der Waals surface area contributed by atoms with Crippen molar-refractivity contribution in [2.75, 3.05) is 5.73 Å². The normalized spacial score (nSPS) is 14.0. The van der Waals surface area contributed by atoms with Crippen LogP contribution in [-0.2, 0) is 12.8 Å². The summed E-state index contributed by atoms with van der Waals surface area (Å²) < 4.78 is 0. The molecule has 2 heterocycles. The summed E-state index contributed by atoms with van der Waals surface area (Å²) in [6.07, 6.45) is 4.64. The van der Waals surface area contributed by atoms with Crippen LogP contribution in [0.25, 0.3) is 10.2 Å². The Kier molecular flexibility index (Phi) is 3.42. The van der Waals surface area contributed by atoms with Crippen LogP contribution in [0.5, 0.6) is 0 Å². The minimum atomic E-state index is 0.00933. The molecule has 0 radical (unpaired) electrons. The summed E-state index contributed by atoms with van der Waals surface area (Å²) in [5.41, 5.74) is 11.4. The van der Waals surface area contributed by atoms with Gasteiger partial charge in [0.15, 0.2) is 5.69 Å². The maximum Gasteiger partial charge on any atom is 0.270 e. The number of thiophene rings is 1. The molecule has 3 N–H and O–H groups in total. The molecule has 1 aromatic carbocycles. The number of aryl methyl sites for hydroxylation is 3. The van der Waals surface area contributed by atoms with Gasteiger partial charge in [0.25, 0.3) is 4.83 Å². The van der Waals surface area contributed by atoms with E-state index in [0.717, 1.165) is 28.6 Å². The van der Waals surface area contributed by atoms with Crippen molar-refractivity contribution in [2.45, 2.75) is 32.6 Å². The second kappa shape index (κ2) is 5.46. The average molecular weight is 323 g/mol. The predicted octanol–water partition coefficient (Wildman–Crippen LogP) is 3.72. The topological polar surface area (TPSA) is 57.2 Å². The van der Waals surface area contributed by atoms with Crippen LogP contribution in [0.4, 0.5) is 5.69 Å². The van der Waals surface area contributed by atoms with Gasteiger partial charge in [-0.1, -0.05) is 41.2 Å². The lowest BCUT2D eigenvalue weighted by Gasteiger charge is -2.09. The van der Waals surface area contributed by atoms with Crippen molar-refractivity contribution in [1.29, 1.82) is 0 Å². The molecule has 0 amide bonds. The molecule has 2 aromatic heterocycles. The number of nitrogens with one attached hydrogen (secondary N) is 1. The van der Waals surface area contributed by atoms with Gasteiger partial charge in [0.05, 0.1) is 11.1 Å². The minimum absolute atomic E-state index is 0.00933. The lowest BCUT2D eigenvalue weighted by molar-refractivity contribution is -0.356. The molecule has 1 aliphatic carbocycles. The number of nitrogen functional groups attached to an aromatic ring is 1. The Morgan fingerprint density at radius 2 is 1.91 bits per heavy atom. The highest BCUT2D eigenvalue weighted by Gasteiger charge is 2.24. The highest BCUT2D eigenvalue weighted by molar-refractivity contribution is 7.21. The molecule has 0 fully saturated rings. The SMILES string of the molecule is Cc1ccc(C(=O)c2sc3[nH+]c4c(cc3c2N)CCCC4)cc1. The van der Waals surface area contributed by atoms with E-state index in [-0.39, 0.29) is 5.78 Å². The van der Waals surface area contributed by atoms with E-state index in [9.17, 15) is 4.79 Å². The summed E-state index contributed by atoms with van der Waals surface area (Å²) in [6.45, 7) is 2.02. The number of H-pyrrole nitrogens is 1.